The van der Waals surface area contributed by atoms with E-state index < -0.39 is 0 Å². The second-order valence-corrected chi connectivity index (χ2v) is 7.75. The number of nitrogens with zero attached hydrogens (tertiary/aromatic N) is 1. The van der Waals surface area contributed by atoms with Crippen LogP contribution in [0.25, 0.3) is 0 Å². The second-order valence-electron chi connectivity index (χ2n) is 4.83. The summed E-state index contributed by atoms with van der Waals surface area (Å²) in [5.74, 6) is 0. The van der Waals surface area contributed by atoms with Crippen molar-refractivity contribution in [3.05, 3.63) is 45.3 Å². The minimum atomic E-state index is 1.07. The number of hydrogen-bond donors (Lipinski definition) is 0. The van der Waals surface area contributed by atoms with Crippen LogP contribution in [0.1, 0.15) is 19.8 Å². The minimum absolute atomic E-state index is 1.07. The van der Waals surface area contributed by atoms with Crippen molar-refractivity contribution in [2.75, 3.05) is 11.4 Å². The van der Waals surface area contributed by atoms with Gasteiger partial charge in [0.15, 0.2) is 0 Å². The van der Waals surface area contributed by atoms with Crippen LogP contribution in [-0.2, 0) is 0 Å². The zero-order valence-corrected chi connectivity index (χ0v) is 15.2. The molecule has 0 aliphatic carbocycles. The maximum atomic E-state index is 3.58. The van der Waals surface area contributed by atoms with Crippen molar-refractivity contribution in [3.63, 3.8) is 0 Å². The largest absolute Gasteiger partial charge is 0.340 e. The molecule has 4 heteroatoms. The van der Waals surface area contributed by atoms with Crippen LogP contribution in [0.15, 0.2) is 55.1 Å². The van der Waals surface area contributed by atoms with Crippen LogP contribution >= 0.6 is 43.6 Å². The van der Waals surface area contributed by atoms with Gasteiger partial charge in [0.1, 0.15) is 0 Å². The summed E-state index contributed by atoms with van der Waals surface area (Å²) in [5.41, 5.74) is 2.64. The van der Waals surface area contributed by atoms with Crippen molar-refractivity contribution in [1.82, 2.24) is 0 Å². The first-order chi connectivity index (χ1) is 9.69. The van der Waals surface area contributed by atoms with Crippen LogP contribution in [0, 0.1) is 0 Å². The van der Waals surface area contributed by atoms with Gasteiger partial charge < -0.3 is 4.90 Å². The van der Waals surface area contributed by atoms with E-state index in [1.165, 1.54) is 34.0 Å². The molecule has 1 nitrogen and oxygen atoms in total. The highest BCUT2D eigenvalue weighted by molar-refractivity contribution is 9.10. The van der Waals surface area contributed by atoms with Gasteiger partial charge in [-0.2, -0.15) is 0 Å². The minimum Gasteiger partial charge on any atom is -0.340 e. The van der Waals surface area contributed by atoms with Crippen LogP contribution in [0.5, 0.6) is 0 Å². The monoisotopic (exact) mass is 411 g/mol. The van der Waals surface area contributed by atoms with Crippen molar-refractivity contribution in [2.45, 2.75) is 29.6 Å². The molecule has 1 heterocycles. The van der Waals surface area contributed by atoms with E-state index in [0.29, 0.717) is 0 Å². The van der Waals surface area contributed by atoms with E-state index in [0.717, 1.165) is 15.5 Å². The molecule has 2 aromatic rings. The maximum Gasteiger partial charge on any atom is 0.0553 e. The summed E-state index contributed by atoms with van der Waals surface area (Å²) < 4.78 is 2.27. The average molecular weight is 413 g/mol. The number of rotatable bonds is 3. The molecule has 0 saturated heterocycles. The van der Waals surface area contributed by atoms with Gasteiger partial charge in [-0.25, -0.2) is 0 Å². The standard InChI is InChI=1S/C16H15Br2NS/c1-2-3-8-19-13-6-4-11(17)9-15(13)20-16-10-12(18)5-7-14(16)19/h4-7,9-10H,2-3,8H2,1H3. The highest BCUT2D eigenvalue weighted by atomic mass is 79.9. The van der Waals surface area contributed by atoms with Gasteiger partial charge in [0.2, 0.25) is 0 Å². The van der Waals surface area contributed by atoms with Crippen molar-refractivity contribution in [3.8, 4) is 0 Å². The first-order valence-electron chi connectivity index (χ1n) is 6.73. The Bertz CT molecular complexity index is 591. The Labute approximate surface area is 141 Å². The molecule has 0 N–H and O–H groups in total. The predicted octanol–water partition coefficient (Wildman–Crippen LogP) is 6.61. The first-order valence-corrected chi connectivity index (χ1v) is 9.14. The molecule has 0 amide bonds. The highest BCUT2D eigenvalue weighted by Gasteiger charge is 2.23. The summed E-state index contributed by atoms with van der Waals surface area (Å²) in [6.45, 7) is 3.31. The lowest BCUT2D eigenvalue weighted by Crippen LogP contribution is -2.21. The lowest BCUT2D eigenvalue weighted by atomic mass is 10.2. The molecule has 0 saturated carbocycles. The van der Waals surface area contributed by atoms with Crippen LogP contribution in [0.4, 0.5) is 11.4 Å². The summed E-state index contributed by atoms with van der Waals surface area (Å²) in [6.07, 6.45) is 2.41. The maximum absolute atomic E-state index is 3.58. The van der Waals surface area contributed by atoms with E-state index in [4.69, 9.17) is 0 Å². The number of benzene rings is 2. The van der Waals surface area contributed by atoms with Gasteiger partial charge in [-0.05, 0) is 42.8 Å². The van der Waals surface area contributed by atoms with Gasteiger partial charge in [-0.15, -0.1) is 0 Å². The second kappa shape index (κ2) is 6.12. The molecule has 3 rings (SSSR count). The van der Waals surface area contributed by atoms with Crippen molar-refractivity contribution in [1.29, 1.82) is 0 Å². The van der Waals surface area contributed by atoms with E-state index in [1.807, 2.05) is 11.8 Å². The molecular weight excluding hydrogens is 398 g/mol. The Balaban J connectivity index is 2.08. The van der Waals surface area contributed by atoms with Gasteiger partial charge in [0.25, 0.3) is 0 Å². The summed E-state index contributed by atoms with van der Waals surface area (Å²) in [6, 6.07) is 13.1. The molecule has 0 radical (unpaired) electrons. The van der Waals surface area contributed by atoms with Crippen molar-refractivity contribution < 1.29 is 0 Å². The number of anilines is 2. The smallest absolute Gasteiger partial charge is 0.0553 e. The molecule has 20 heavy (non-hydrogen) atoms. The number of unbranched alkanes of at least 4 members (excludes halogenated alkanes) is 1. The fourth-order valence-electron chi connectivity index (χ4n) is 2.39. The van der Waals surface area contributed by atoms with E-state index in [-0.39, 0.29) is 0 Å². The summed E-state index contributed by atoms with van der Waals surface area (Å²) in [4.78, 5) is 5.09. The molecular formula is C16H15Br2NS. The zero-order valence-electron chi connectivity index (χ0n) is 11.2. The third kappa shape index (κ3) is 2.78. The highest BCUT2D eigenvalue weighted by Crippen LogP contribution is 2.49. The molecule has 104 valence electrons. The third-order valence-electron chi connectivity index (χ3n) is 3.38. The van der Waals surface area contributed by atoms with Gasteiger partial charge in [-0.1, -0.05) is 57.0 Å². The molecule has 1 aliphatic heterocycles. The first kappa shape index (κ1) is 14.5. The number of hydrogen-bond acceptors (Lipinski definition) is 2. The normalized spacial score (nSPS) is 13.1. The zero-order chi connectivity index (χ0) is 14.1. The van der Waals surface area contributed by atoms with Gasteiger partial charge >= 0.3 is 0 Å². The molecule has 0 spiro atoms. The topological polar surface area (TPSA) is 3.24 Å². The van der Waals surface area contributed by atoms with E-state index >= 15 is 0 Å². The molecule has 0 atom stereocenters. The Hall–Kier alpha value is -0.450. The van der Waals surface area contributed by atoms with Gasteiger partial charge in [0, 0.05) is 25.3 Å². The van der Waals surface area contributed by atoms with Gasteiger partial charge in [-0.3, -0.25) is 0 Å². The summed E-state index contributed by atoms with van der Waals surface area (Å²) in [7, 11) is 0. The SMILES string of the molecule is CCCCN1c2ccc(Br)cc2Sc2cc(Br)ccc21. The molecule has 0 fully saturated rings. The molecule has 0 aromatic heterocycles. The lowest BCUT2D eigenvalue weighted by molar-refractivity contribution is 0.777. The molecule has 0 unspecified atom stereocenters. The van der Waals surface area contributed by atoms with E-state index in [1.54, 1.807) is 0 Å². The molecule has 2 aromatic carbocycles. The third-order valence-corrected chi connectivity index (χ3v) is 5.46. The fraction of sp³-hybridized carbons (Fsp3) is 0.250. The quantitative estimate of drug-likeness (QED) is 0.557. The Morgan fingerprint density at radius 1 is 0.950 bits per heavy atom. The van der Waals surface area contributed by atoms with Crippen LogP contribution in [0.2, 0.25) is 0 Å². The van der Waals surface area contributed by atoms with Crippen LogP contribution < -0.4 is 4.90 Å². The van der Waals surface area contributed by atoms with E-state index in [9.17, 15) is 0 Å². The van der Waals surface area contributed by atoms with Gasteiger partial charge in [0.05, 0.1) is 11.4 Å². The molecule has 1 aliphatic rings. The summed E-state index contributed by atoms with van der Waals surface area (Å²) in [5, 5.41) is 0. The molecule has 0 bridgehead atoms. The lowest BCUT2D eigenvalue weighted by Gasteiger charge is -2.33. The Morgan fingerprint density at radius 2 is 1.50 bits per heavy atom. The van der Waals surface area contributed by atoms with Crippen LogP contribution in [-0.4, -0.2) is 6.54 Å². The number of halogens is 2. The summed E-state index contributed by atoms with van der Waals surface area (Å²) >= 11 is 9.00. The predicted molar refractivity (Wildman–Crippen MR) is 94.3 cm³/mol. The average Bonchev–Trinajstić information content (AvgIpc) is 2.43. The Kier molecular flexibility index (Phi) is 4.43. The Morgan fingerprint density at radius 3 is 2.00 bits per heavy atom. The van der Waals surface area contributed by atoms with Crippen molar-refractivity contribution >= 4 is 55.0 Å². The van der Waals surface area contributed by atoms with E-state index in [2.05, 4.69) is 80.1 Å². The number of fused-ring (bicyclic) bond motifs is 2. The van der Waals surface area contributed by atoms with Crippen molar-refractivity contribution in [2.24, 2.45) is 0 Å². The van der Waals surface area contributed by atoms with Crippen LogP contribution in [0.3, 0.4) is 0 Å². The fourth-order valence-corrected chi connectivity index (χ4v) is 4.59.